The van der Waals surface area contributed by atoms with E-state index in [-0.39, 0.29) is 5.97 Å². The summed E-state index contributed by atoms with van der Waals surface area (Å²) in [6.45, 7) is 2.28. The first-order valence-electron chi connectivity index (χ1n) is 7.13. The molecule has 0 heterocycles. The zero-order valence-electron chi connectivity index (χ0n) is 11.7. The van der Waals surface area contributed by atoms with E-state index in [4.69, 9.17) is 4.74 Å². The van der Waals surface area contributed by atoms with Gasteiger partial charge in [0.2, 0.25) is 0 Å². The quantitative estimate of drug-likeness (QED) is 0.794. The second-order valence-corrected chi connectivity index (χ2v) is 5.13. The van der Waals surface area contributed by atoms with Crippen LogP contribution in [0.3, 0.4) is 0 Å². The maximum Gasteiger partial charge on any atom is 0.310 e. The Morgan fingerprint density at radius 3 is 2.65 bits per heavy atom. The predicted octanol–water partition coefficient (Wildman–Crippen LogP) is 3.56. The van der Waals surface area contributed by atoms with Gasteiger partial charge >= 0.3 is 5.97 Å². The van der Waals surface area contributed by atoms with Gasteiger partial charge in [-0.2, -0.15) is 0 Å². The molecule has 0 N–H and O–H groups in total. The van der Waals surface area contributed by atoms with Crippen LogP contribution in [0.25, 0.3) is 11.1 Å². The largest absolute Gasteiger partial charge is 0.466 e. The SMILES string of the molecule is CCOC(=O)Cc1ccc2c(c1)CCc1ccccc1-2. The summed E-state index contributed by atoms with van der Waals surface area (Å²) in [5, 5.41) is 0. The smallest absolute Gasteiger partial charge is 0.310 e. The first-order chi connectivity index (χ1) is 9.78. The molecule has 0 fully saturated rings. The predicted molar refractivity (Wildman–Crippen MR) is 79.6 cm³/mol. The molecule has 0 atom stereocenters. The maximum atomic E-state index is 11.6. The fourth-order valence-corrected chi connectivity index (χ4v) is 2.88. The lowest BCUT2D eigenvalue weighted by atomic mass is 9.84. The van der Waals surface area contributed by atoms with Crippen LogP contribution in [0.2, 0.25) is 0 Å². The second-order valence-electron chi connectivity index (χ2n) is 5.13. The summed E-state index contributed by atoms with van der Waals surface area (Å²) >= 11 is 0. The van der Waals surface area contributed by atoms with Crippen LogP contribution < -0.4 is 0 Å². The van der Waals surface area contributed by atoms with Crippen molar-refractivity contribution in [3.63, 3.8) is 0 Å². The number of aryl methyl sites for hydroxylation is 2. The Bertz CT molecular complexity index is 644. The van der Waals surface area contributed by atoms with Crippen molar-refractivity contribution in [3.8, 4) is 11.1 Å². The first kappa shape index (κ1) is 12.9. The summed E-state index contributed by atoms with van der Waals surface area (Å²) in [7, 11) is 0. The Balaban J connectivity index is 1.90. The molecule has 3 rings (SSSR count). The van der Waals surface area contributed by atoms with Crippen LogP contribution in [0.5, 0.6) is 0 Å². The molecule has 2 aromatic rings. The molecule has 102 valence electrons. The van der Waals surface area contributed by atoms with Crippen molar-refractivity contribution in [3.05, 3.63) is 59.2 Å². The highest BCUT2D eigenvalue weighted by atomic mass is 16.5. The highest BCUT2D eigenvalue weighted by molar-refractivity contribution is 5.76. The normalized spacial score (nSPS) is 12.4. The summed E-state index contributed by atoms with van der Waals surface area (Å²) in [5.41, 5.74) is 6.43. The third kappa shape index (κ3) is 2.46. The summed E-state index contributed by atoms with van der Waals surface area (Å²) in [6, 6.07) is 14.9. The molecule has 2 aromatic carbocycles. The summed E-state index contributed by atoms with van der Waals surface area (Å²) in [4.78, 5) is 11.6. The number of carbonyl (C=O) groups excluding carboxylic acids is 1. The van der Waals surface area contributed by atoms with Gasteiger partial charge in [-0.15, -0.1) is 0 Å². The van der Waals surface area contributed by atoms with Crippen LogP contribution in [-0.2, 0) is 28.8 Å². The molecule has 1 aliphatic carbocycles. The molecular weight excluding hydrogens is 248 g/mol. The van der Waals surface area contributed by atoms with E-state index in [1.807, 2.05) is 13.0 Å². The van der Waals surface area contributed by atoms with Crippen molar-refractivity contribution in [1.82, 2.24) is 0 Å². The molecule has 0 aromatic heterocycles. The molecule has 0 saturated heterocycles. The van der Waals surface area contributed by atoms with Gasteiger partial charge in [0.05, 0.1) is 13.0 Å². The van der Waals surface area contributed by atoms with Crippen LogP contribution in [0.1, 0.15) is 23.6 Å². The van der Waals surface area contributed by atoms with Gasteiger partial charge in [0.25, 0.3) is 0 Å². The molecule has 0 spiro atoms. The molecule has 1 aliphatic rings. The van der Waals surface area contributed by atoms with Crippen LogP contribution in [0, 0.1) is 0 Å². The van der Waals surface area contributed by atoms with Gasteiger partial charge in [-0.1, -0.05) is 42.5 Å². The second kappa shape index (κ2) is 5.49. The Morgan fingerprint density at radius 1 is 1.05 bits per heavy atom. The minimum absolute atomic E-state index is 0.149. The summed E-state index contributed by atoms with van der Waals surface area (Å²) in [5.74, 6) is -0.149. The number of carbonyl (C=O) groups is 1. The van der Waals surface area contributed by atoms with Crippen molar-refractivity contribution in [1.29, 1.82) is 0 Å². The zero-order chi connectivity index (χ0) is 13.9. The number of hydrogen-bond acceptors (Lipinski definition) is 2. The highest BCUT2D eigenvalue weighted by Gasteiger charge is 2.16. The zero-order valence-corrected chi connectivity index (χ0v) is 11.7. The van der Waals surface area contributed by atoms with Crippen LogP contribution in [0.4, 0.5) is 0 Å². The van der Waals surface area contributed by atoms with E-state index in [1.54, 1.807) is 0 Å². The van der Waals surface area contributed by atoms with Crippen molar-refractivity contribution in [2.45, 2.75) is 26.2 Å². The molecule has 0 bridgehead atoms. The third-order valence-corrected chi connectivity index (χ3v) is 3.79. The van der Waals surface area contributed by atoms with E-state index in [0.29, 0.717) is 13.0 Å². The van der Waals surface area contributed by atoms with Crippen molar-refractivity contribution in [2.24, 2.45) is 0 Å². The molecule has 0 aliphatic heterocycles. The van der Waals surface area contributed by atoms with Crippen molar-refractivity contribution >= 4 is 5.97 Å². The van der Waals surface area contributed by atoms with Crippen molar-refractivity contribution < 1.29 is 9.53 Å². The van der Waals surface area contributed by atoms with Crippen LogP contribution >= 0.6 is 0 Å². The van der Waals surface area contributed by atoms with Gasteiger partial charge in [-0.3, -0.25) is 4.79 Å². The van der Waals surface area contributed by atoms with E-state index in [9.17, 15) is 4.79 Å². The standard InChI is InChI=1S/C18H18O2/c1-2-20-18(19)12-13-7-10-17-15(11-13)9-8-14-5-3-4-6-16(14)17/h3-7,10-11H,2,8-9,12H2,1H3. The maximum absolute atomic E-state index is 11.6. The number of rotatable bonds is 3. The van der Waals surface area contributed by atoms with Gasteiger partial charge in [0.15, 0.2) is 0 Å². The molecule has 0 radical (unpaired) electrons. The van der Waals surface area contributed by atoms with Gasteiger partial charge in [0.1, 0.15) is 0 Å². The minimum Gasteiger partial charge on any atom is -0.466 e. The Kier molecular flexibility index (Phi) is 3.55. The van der Waals surface area contributed by atoms with Gasteiger partial charge in [-0.25, -0.2) is 0 Å². The van der Waals surface area contributed by atoms with Crippen LogP contribution in [-0.4, -0.2) is 12.6 Å². The molecule has 20 heavy (non-hydrogen) atoms. The molecule has 0 saturated carbocycles. The van der Waals surface area contributed by atoms with E-state index in [2.05, 4.69) is 36.4 Å². The number of benzene rings is 2. The summed E-state index contributed by atoms with van der Waals surface area (Å²) in [6.07, 6.45) is 2.48. The topological polar surface area (TPSA) is 26.3 Å². The molecule has 2 heteroatoms. The van der Waals surface area contributed by atoms with Gasteiger partial charge < -0.3 is 4.74 Å². The van der Waals surface area contributed by atoms with Gasteiger partial charge in [-0.05, 0) is 47.6 Å². The number of esters is 1. The lowest BCUT2D eigenvalue weighted by Crippen LogP contribution is -2.09. The van der Waals surface area contributed by atoms with E-state index < -0.39 is 0 Å². The van der Waals surface area contributed by atoms with E-state index >= 15 is 0 Å². The fourth-order valence-electron chi connectivity index (χ4n) is 2.88. The monoisotopic (exact) mass is 266 g/mol. The van der Waals surface area contributed by atoms with Crippen LogP contribution in [0.15, 0.2) is 42.5 Å². The Labute approximate surface area is 119 Å². The molecule has 0 unspecified atom stereocenters. The fraction of sp³-hybridized carbons (Fsp3) is 0.278. The lowest BCUT2D eigenvalue weighted by Gasteiger charge is -2.20. The number of fused-ring (bicyclic) bond motifs is 3. The Hall–Kier alpha value is -2.09. The number of hydrogen-bond donors (Lipinski definition) is 0. The third-order valence-electron chi connectivity index (χ3n) is 3.79. The highest BCUT2D eigenvalue weighted by Crippen LogP contribution is 2.33. The average Bonchev–Trinajstić information content (AvgIpc) is 2.47. The molecule has 0 amide bonds. The summed E-state index contributed by atoms with van der Waals surface area (Å²) < 4.78 is 5.01. The average molecular weight is 266 g/mol. The Morgan fingerprint density at radius 2 is 1.80 bits per heavy atom. The molecular formula is C18H18O2. The molecule has 2 nitrogen and oxygen atoms in total. The van der Waals surface area contributed by atoms with E-state index in [0.717, 1.165) is 18.4 Å². The van der Waals surface area contributed by atoms with E-state index in [1.165, 1.54) is 22.3 Å². The lowest BCUT2D eigenvalue weighted by molar-refractivity contribution is -0.142. The number of ether oxygens (including phenoxy) is 1. The minimum atomic E-state index is -0.149. The van der Waals surface area contributed by atoms with Gasteiger partial charge in [0, 0.05) is 0 Å². The first-order valence-corrected chi connectivity index (χ1v) is 7.13. The van der Waals surface area contributed by atoms with Crippen molar-refractivity contribution in [2.75, 3.05) is 6.61 Å².